The van der Waals surface area contributed by atoms with Gasteiger partial charge >= 0.3 is 0 Å². The molecule has 0 unspecified atom stereocenters. The van der Waals surface area contributed by atoms with E-state index in [2.05, 4.69) is 0 Å². The Morgan fingerprint density at radius 2 is 2.00 bits per heavy atom. The summed E-state index contributed by atoms with van der Waals surface area (Å²) in [6, 6.07) is 11.9. The fourth-order valence-corrected chi connectivity index (χ4v) is 3.86. The average molecular weight is 370 g/mol. The number of rotatable bonds is 4. The summed E-state index contributed by atoms with van der Waals surface area (Å²) in [7, 11) is 1.72. The van der Waals surface area contributed by atoms with Crippen LogP contribution in [-0.2, 0) is 6.54 Å². The summed E-state index contributed by atoms with van der Waals surface area (Å²) in [5.41, 5.74) is 0.949. The number of hydrogen-bond acceptors (Lipinski definition) is 6. The SMILES string of the molecule is CN(Cc1ccc2c(c1)OCO2)C(=O)c1cc2cc([N+](=O)[O-])ccc2s1. The minimum atomic E-state index is -0.440. The number of nitro groups is 1. The van der Waals surface area contributed by atoms with Crippen LogP contribution in [0.5, 0.6) is 11.5 Å². The van der Waals surface area contributed by atoms with E-state index in [4.69, 9.17) is 9.47 Å². The maximum Gasteiger partial charge on any atom is 0.270 e. The zero-order chi connectivity index (χ0) is 18.3. The number of non-ortho nitro benzene ring substituents is 1. The number of ether oxygens (including phenoxy) is 2. The number of thiophene rings is 1. The zero-order valence-corrected chi connectivity index (χ0v) is 14.6. The van der Waals surface area contributed by atoms with Gasteiger partial charge in [0.25, 0.3) is 11.6 Å². The normalized spacial score (nSPS) is 12.3. The van der Waals surface area contributed by atoms with E-state index in [1.807, 2.05) is 18.2 Å². The molecule has 0 aliphatic carbocycles. The molecule has 0 radical (unpaired) electrons. The van der Waals surface area contributed by atoms with Gasteiger partial charge in [-0.3, -0.25) is 14.9 Å². The Bertz CT molecular complexity index is 1030. The predicted molar refractivity (Wildman–Crippen MR) is 96.8 cm³/mol. The fourth-order valence-electron chi connectivity index (χ4n) is 2.82. The maximum absolute atomic E-state index is 12.7. The van der Waals surface area contributed by atoms with Gasteiger partial charge in [-0.05, 0) is 29.8 Å². The molecule has 0 saturated heterocycles. The molecule has 0 spiro atoms. The predicted octanol–water partition coefficient (Wildman–Crippen LogP) is 3.81. The quantitative estimate of drug-likeness (QED) is 0.515. The second kappa shape index (κ2) is 6.30. The molecule has 26 heavy (non-hydrogen) atoms. The molecule has 2 aromatic carbocycles. The lowest BCUT2D eigenvalue weighted by Crippen LogP contribution is -2.25. The number of carbonyl (C=O) groups excluding carboxylic acids is 1. The fraction of sp³-hybridized carbons (Fsp3) is 0.167. The molecule has 1 aliphatic heterocycles. The van der Waals surface area contributed by atoms with Crippen molar-refractivity contribution in [2.45, 2.75) is 6.54 Å². The topological polar surface area (TPSA) is 81.9 Å². The van der Waals surface area contributed by atoms with E-state index in [-0.39, 0.29) is 18.4 Å². The molecule has 132 valence electrons. The van der Waals surface area contributed by atoms with Gasteiger partial charge in [0.2, 0.25) is 6.79 Å². The summed E-state index contributed by atoms with van der Waals surface area (Å²) < 4.78 is 11.5. The van der Waals surface area contributed by atoms with E-state index in [1.165, 1.54) is 23.5 Å². The molecule has 8 heteroatoms. The van der Waals surface area contributed by atoms with Crippen molar-refractivity contribution in [2.24, 2.45) is 0 Å². The van der Waals surface area contributed by atoms with E-state index in [0.29, 0.717) is 28.3 Å². The third kappa shape index (κ3) is 2.95. The van der Waals surface area contributed by atoms with Gasteiger partial charge in [-0.1, -0.05) is 6.07 Å². The first-order chi connectivity index (χ1) is 12.5. The third-order valence-electron chi connectivity index (χ3n) is 4.12. The summed E-state index contributed by atoms with van der Waals surface area (Å²) in [6.45, 7) is 0.630. The van der Waals surface area contributed by atoms with Gasteiger partial charge in [0, 0.05) is 35.8 Å². The van der Waals surface area contributed by atoms with Crippen LogP contribution in [0.3, 0.4) is 0 Å². The van der Waals surface area contributed by atoms with Gasteiger partial charge in [-0.15, -0.1) is 11.3 Å². The van der Waals surface area contributed by atoms with E-state index < -0.39 is 4.92 Å². The van der Waals surface area contributed by atoms with Crippen LogP contribution in [0.2, 0.25) is 0 Å². The summed E-state index contributed by atoms with van der Waals surface area (Å²) in [4.78, 5) is 25.3. The lowest BCUT2D eigenvalue weighted by Gasteiger charge is -2.16. The van der Waals surface area contributed by atoms with Gasteiger partial charge in [0.15, 0.2) is 11.5 Å². The lowest BCUT2D eigenvalue weighted by atomic mass is 10.2. The number of benzene rings is 2. The molecule has 0 N–H and O–H groups in total. The van der Waals surface area contributed by atoms with E-state index in [1.54, 1.807) is 24.1 Å². The summed E-state index contributed by atoms with van der Waals surface area (Å²) in [6.07, 6.45) is 0. The average Bonchev–Trinajstić information content (AvgIpc) is 3.26. The van der Waals surface area contributed by atoms with Crippen LogP contribution >= 0.6 is 11.3 Å². The van der Waals surface area contributed by atoms with Crippen molar-refractivity contribution in [1.29, 1.82) is 0 Å². The highest BCUT2D eigenvalue weighted by molar-refractivity contribution is 7.20. The first-order valence-electron chi connectivity index (χ1n) is 7.83. The monoisotopic (exact) mass is 370 g/mol. The Balaban J connectivity index is 1.54. The highest BCUT2D eigenvalue weighted by Gasteiger charge is 2.18. The molecule has 1 aromatic heterocycles. The largest absolute Gasteiger partial charge is 0.454 e. The second-order valence-corrected chi connectivity index (χ2v) is 7.02. The zero-order valence-electron chi connectivity index (χ0n) is 13.8. The Hall–Kier alpha value is -3.13. The van der Waals surface area contributed by atoms with Crippen LogP contribution in [0.4, 0.5) is 5.69 Å². The molecule has 4 rings (SSSR count). The summed E-state index contributed by atoms with van der Waals surface area (Å²) in [5, 5.41) is 11.6. The van der Waals surface area contributed by atoms with E-state index in [0.717, 1.165) is 10.3 Å². The standard InChI is InChI=1S/C18H14N2O5S/c1-19(9-11-2-4-14-15(6-11)25-10-24-14)18(21)17-8-12-7-13(20(22)23)3-5-16(12)26-17/h2-8H,9-10H2,1H3. The third-order valence-corrected chi connectivity index (χ3v) is 5.23. The van der Waals surface area contributed by atoms with Crippen molar-refractivity contribution in [3.05, 3.63) is 63.0 Å². The number of nitrogens with zero attached hydrogens (tertiary/aromatic N) is 2. The minimum Gasteiger partial charge on any atom is -0.454 e. The Labute approximate surface area is 152 Å². The molecule has 1 amide bonds. The van der Waals surface area contributed by atoms with Crippen LogP contribution in [0.25, 0.3) is 10.1 Å². The number of fused-ring (bicyclic) bond motifs is 2. The van der Waals surface area contributed by atoms with Crippen molar-refractivity contribution >= 4 is 33.0 Å². The first kappa shape index (κ1) is 16.3. The van der Waals surface area contributed by atoms with Crippen LogP contribution in [0.1, 0.15) is 15.2 Å². The summed E-state index contributed by atoms with van der Waals surface area (Å²) >= 11 is 1.33. The van der Waals surface area contributed by atoms with Crippen LogP contribution in [-0.4, -0.2) is 29.6 Å². The van der Waals surface area contributed by atoms with Crippen LogP contribution in [0.15, 0.2) is 42.5 Å². The van der Waals surface area contributed by atoms with E-state index in [9.17, 15) is 14.9 Å². The van der Waals surface area contributed by atoms with Crippen LogP contribution in [0, 0.1) is 10.1 Å². The molecule has 2 heterocycles. The maximum atomic E-state index is 12.7. The first-order valence-corrected chi connectivity index (χ1v) is 8.65. The highest BCUT2D eigenvalue weighted by Crippen LogP contribution is 2.33. The Morgan fingerprint density at radius 3 is 2.81 bits per heavy atom. The lowest BCUT2D eigenvalue weighted by molar-refractivity contribution is -0.384. The molecular weight excluding hydrogens is 356 g/mol. The number of carbonyl (C=O) groups is 1. The minimum absolute atomic E-state index is 0.0167. The van der Waals surface area contributed by atoms with Crippen molar-refractivity contribution in [1.82, 2.24) is 4.90 Å². The highest BCUT2D eigenvalue weighted by atomic mass is 32.1. The Kier molecular flexibility index (Phi) is 3.96. The van der Waals surface area contributed by atoms with Crippen molar-refractivity contribution in [3.8, 4) is 11.5 Å². The molecular formula is C18H14N2O5S. The Morgan fingerprint density at radius 1 is 1.19 bits per heavy atom. The molecule has 7 nitrogen and oxygen atoms in total. The number of hydrogen-bond donors (Lipinski definition) is 0. The summed E-state index contributed by atoms with van der Waals surface area (Å²) in [5.74, 6) is 1.25. The van der Waals surface area contributed by atoms with Gasteiger partial charge < -0.3 is 14.4 Å². The molecule has 0 saturated carbocycles. The second-order valence-electron chi connectivity index (χ2n) is 5.94. The number of nitro benzene ring substituents is 1. The van der Waals surface area contributed by atoms with Gasteiger partial charge in [-0.25, -0.2) is 0 Å². The van der Waals surface area contributed by atoms with Gasteiger partial charge in [-0.2, -0.15) is 0 Å². The smallest absolute Gasteiger partial charge is 0.270 e. The molecule has 0 fully saturated rings. The van der Waals surface area contributed by atoms with Crippen molar-refractivity contribution in [2.75, 3.05) is 13.8 Å². The molecule has 3 aromatic rings. The van der Waals surface area contributed by atoms with Crippen LogP contribution < -0.4 is 9.47 Å². The van der Waals surface area contributed by atoms with Crippen molar-refractivity contribution in [3.63, 3.8) is 0 Å². The molecule has 0 atom stereocenters. The van der Waals surface area contributed by atoms with Crippen molar-refractivity contribution < 1.29 is 19.2 Å². The number of amides is 1. The van der Waals surface area contributed by atoms with Gasteiger partial charge in [0.1, 0.15) is 0 Å². The molecule has 1 aliphatic rings. The van der Waals surface area contributed by atoms with E-state index >= 15 is 0 Å². The molecule has 0 bridgehead atoms. The van der Waals surface area contributed by atoms with Gasteiger partial charge in [0.05, 0.1) is 9.80 Å².